The van der Waals surface area contributed by atoms with E-state index in [0.717, 1.165) is 31.4 Å². The van der Waals surface area contributed by atoms with Crippen LogP contribution in [0.1, 0.15) is 31.4 Å². The van der Waals surface area contributed by atoms with Crippen molar-refractivity contribution < 1.29 is 14.3 Å². The molecule has 0 atom stereocenters. The molecule has 0 radical (unpaired) electrons. The molecule has 1 aromatic rings. The lowest BCUT2D eigenvalue weighted by Gasteiger charge is -2.26. The van der Waals surface area contributed by atoms with E-state index in [1.807, 2.05) is 17.8 Å². The van der Waals surface area contributed by atoms with Crippen LogP contribution in [0.15, 0.2) is 12.5 Å². The largest absolute Gasteiger partial charge is 0.469 e. The Kier molecular flexibility index (Phi) is 4.36. The van der Waals surface area contributed by atoms with Gasteiger partial charge in [-0.2, -0.15) is 0 Å². The standard InChI is InChI=1S/C13H20N2O3/c1-15-9-14-7-11(15)8-18-12-5-3-10(4-6-12)13(16)17-2/h7,9-10,12H,3-6,8H2,1-2H3. The van der Waals surface area contributed by atoms with E-state index < -0.39 is 0 Å². The maximum atomic E-state index is 11.4. The normalized spacial score (nSPS) is 23.9. The van der Waals surface area contributed by atoms with Crippen molar-refractivity contribution in [3.05, 3.63) is 18.2 Å². The van der Waals surface area contributed by atoms with Crippen LogP contribution in [0.5, 0.6) is 0 Å². The number of hydrogen-bond acceptors (Lipinski definition) is 4. The molecule has 2 rings (SSSR count). The summed E-state index contributed by atoms with van der Waals surface area (Å²) in [7, 11) is 3.41. The van der Waals surface area contributed by atoms with Crippen LogP contribution >= 0.6 is 0 Å². The van der Waals surface area contributed by atoms with Crippen LogP contribution in [0.3, 0.4) is 0 Å². The van der Waals surface area contributed by atoms with Crippen molar-refractivity contribution in [3.8, 4) is 0 Å². The molecule has 5 nitrogen and oxygen atoms in total. The second kappa shape index (κ2) is 6.00. The Bertz CT molecular complexity index is 395. The van der Waals surface area contributed by atoms with E-state index in [1.54, 1.807) is 6.33 Å². The summed E-state index contributed by atoms with van der Waals surface area (Å²) in [6.45, 7) is 0.587. The zero-order chi connectivity index (χ0) is 13.0. The summed E-state index contributed by atoms with van der Waals surface area (Å²) >= 11 is 0. The minimum atomic E-state index is -0.0833. The maximum Gasteiger partial charge on any atom is 0.308 e. The summed E-state index contributed by atoms with van der Waals surface area (Å²) in [6.07, 6.45) is 7.42. The Labute approximate surface area is 107 Å². The average Bonchev–Trinajstić information content (AvgIpc) is 2.81. The van der Waals surface area contributed by atoms with Crippen LogP contribution in [0.2, 0.25) is 0 Å². The van der Waals surface area contributed by atoms with Crippen LogP contribution in [0, 0.1) is 5.92 Å². The van der Waals surface area contributed by atoms with Crippen molar-refractivity contribution in [2.45, 2.75) is 38.4 Å². The number of aromatic nitrogens is 2. The molecular formula is C13H20N2O3. The quantitative estimate of drug-likeness (QED) is 0.765. The number of nitrogens with zero attached hydrogens (tertiary/aromatic N) is 2. The Morgan fingerprint density at radius 3 is 2.72 bits per heavy atom. The fourth-order valence-corrected chi connectivity index (χ4v) is 2.36. The van der Waals surface area contributed by atoms with Gasteiger partial charge in [0, 0.05) is 7.05 Å². The molecule has 100 valence electrons. The number of methoxy groups -OCH3 is 1. The first kappa shape index (κ1) is 13.1. The molecule has 0 aromatic carbocycles. The number of carbonyl (C=O) groups excluding carboxylic acids is 1. The Morgan fingerprint density at radius 1 is 1.44 bits per heavy atom. The predicted octanol–water partition coefficient (Wildman–Crippen LogP) is 1.67. The molecule has 18 heavy (non-hydrogen) atoms. The molecule has 1 saturated carbocycles. The van der Waals surface area contributed by atoms with E-state index in [4.69, 9.17) is 9.47 Å². The molecular weight excluding hydrogens is 232 g/mol. The first-order chi connectivity index (χ1) is 8.70. The second-order valence-electron chi connectivity index (χ2n) is 4.80. The van der Waals surface area contributed by atoms with Gasteiger partial charge >= 0.3 is 5.97 Å². The fraction of sp³-hybridized carbons (Fsp3) is 0.692. The van der Waals surface area contributed by atoms with Gasteiger partial charge < -0.3 is 14.0 Å². The minimum Gasteiger partial charge on any atom is -0.469 e. The number of rotatable bonds is 4. The summed E-state index contributed by atoms with van der Waals surface area (Å²) in [5.74, 6) is -0.0216. The highest BCUT2D eigenvalue weighted by Crippen LogP contribution is 2.27. The van der Waals surface area contributed by atoms with Crippen molar-refractivity contribution in [1.82, 2.24) is 9.55 Å². The molecule has 0 bridgehead atoms. The summed E-state index contributed by atoms with van der Waals surface area (Å²) in [4.78, 5) is 15.4. The van der Waals surface area contributed by atoms with E-state index >= 15 is 0 Å². The van der Waals surface area contributed by atoms with Crippen LogP contribution < -0.4 is 0 Å². The maximum absolute atomic E-state index is 11.4. The number of hydrogen-bond donors (Lipinski definition) is 0. The Morgan fingerprint density at radius 2 is 2.17 bits per heavy atom. The zero-order valence-corrected chi connectivity index (χ0v) is 11.0. The van der Waals surface area contributed by atoms with E-state index in [1.165, 1.54) is 7.11 Å². The highest BCUT2D eigenvalue weighted by molar-refractivity contribution is 5.72. The molecule has 1 aromatic heterocycles. The number of imidazole rings is 1. The molecule has 0 N–H and O–H groups in total. The fourth-order valence-electron chi connectivity index (χ4n) is 2.36. The average molecular weight is 252 g/mol. The molecule has 1 aliphatic rings. The molecule has 0 unspecified atom stereocenters. The van der Waals surface area contributed by atoms with Crippen molar-refractivity contribution >= 4 is 5.97 Å². The molecule has 1 fully saturated rings. The van der Waals surface area contributed by atoms with Gasteiger partial charge in [0.25, 0.3) is 0 Å². The van der Waals surface area contributed by atoms with Gasteiger partial charge in [-0.1, -0.05) is 0 Å². The van der Waals surface area contributed by atoms with Gasteiger partial charge in [0.2, 0.25) is 0 Å². The molecule has 0 spiro atoms. The van der Waals surface area contributed by atoms with Gasteiger partial charge in [-0.15, -0.1) is 0 Å². The van der Waals surface area contributed by atoms with Gasteiger partial charge in [0.05, 0.1) is 44.0 Å². The van der Waals surface area contributed by atoms with Crippen LogP contribution in [0.4, 0.5) is 0 Å². The van der Waals surface area contributed by atoms with Crippen LogP contribution in [0.25, 0.3) is 0 Å². The molecule has 1 heterocycles. The van der Waals surface area contributed by atoms with Gasteiger partial charge in [0.15, 0.2) is 0 Å². The second-order valence-corrected chi connectivity index (χ2v) is 4.80. The topological polar surface area (TPSA) is 53.4 Å². The third-order valence-corrected chi connectivity index (χ3v) is 3.59. The zero-order valence-electron chi connectivity index (χ0n) is 11.0. The lowest BCUT2D eigenvalue weighted by molar-refractivity contribution is -0.147. The lowest BCUT2D eigenvalue weighted by Crippen LogP contribution is -2.27. The van der Waals surface area contributed by atoms with Crippen LogP contribution in [-0.4, -0.2) is 28.7 Å². The first-order valence-corrected chi connectivity index (χ1v) is 6.35. The number of ether oxygens (including phenoxy) is 2. The highest BCUT2D eigenvalue weighted by atomic mass is 16.5. The van der Waals surface area contributed by atoms with Crippen molar-refractivity contribution in [1.29, 1.82) is 0 Å². The van der Waals surface area contributed by atoms with E-state index in [-0.39, 0.29) is 18.0 Å². The number of carbonyl (C=O) groups is 1. The molecule has 0 saturated heterocycles. The van der Waals surface area contributed by atoms with Crippen molar-refractivity contribution in [2.75, 3.05) is 7.11 Å². The number of esters is 1. The smallest absolute Gasteiger partial charge is 0.308 e. The van der Waals surface area contributed by atoms with Gasteiger partial charge in [-0.05, 0) is 25.7 Å². The molecule has 0 amide bonds. The molecule has 0 aliphatic heterocycles. The highest BCUT2D eigenvalue weighted by Gasteiger charge is 2.27. The summed E-state index contributed by atoms with van der Waals surface area (Å²) in [5.41, 5.74) is 1.07. The third kappa shape index (κ3) is 3.10. The first-order valence-electron chi connectivity index (χ1n) is 6.35. The van der Waals surface area contributed by atoms with E-state index in [2.05, 4.69) is 4.98 Å². The van der Waals surface area contributed by atoms with Crippen molar-refractivity contribution in [3.63, 3.8) is 0 Å². The summed E-state index contributed by atoms with van der Waals surface area (Å²) < 4.78 is 12.6. The summed E-state index contributed by atoms with van der Waals surface area (Å²) in [6, 6.07) is 0. The molecule has 5 heteroatoms. The Hall–Kier alpha value is -1.36. The third-order valence-electron chi connectivity index (χ3n) is 3.59. The van der Waals surface area contributed by atoms with Crippen molar-refractivity contribution in [2.24, 2.45) is 13.0 Å². The van der Waals surface area contributed by atoms with E-state index in [0.29, 0.717) is 6.61 Å². The van der Waals surface area contributed by atoms with E-state index in [9.17, 15) is 4.79 Å². The lowest BCUT2D eigenvalue weighted by atomic mass is 9.87. The SMILES string of the molecule is COC(=O)C1CCC(OCc2cncn2C)CC1. The summed E-state index contributed by atoms with van der Waals surface area (Å²) in [5, 5.41) is 0. The van der Waals surface area contributed by atoms with Gasteiger partial charge in [-0.25, -0.2) is 4.98 Å². The Balaban J connectivity index is 1.74. The molecule has 1 aliphatic carbocycles. The van der Waals surface area contributed by atoms with Gasteiger partial charge in [-0.3, -0.25) is 4.79 Å². The van der Waals surface area contributed by atoms with Crippen LogP contribution in [-0.2, 0) is 27.9 Å². The minimum absolute atomic E-state index is 0.0616. The van der Waals surface area contributed by atoms with Gasteiger partial charge in [0.1, 0.15) is 0 Å². The monoisotopic (exact) mass is 252 g/mol. The predicted molar refractivity (Wildman–Crippen MR) is 65.8 cm³/mol. The number of aryl methyl sites for hydroxylation is 1.